The summed E-state index contributed by atoms with van der Waals surface area (Å²) in [4.78, 5) is 0. The van der Waals surface area contributed by atoms with Crippen molar-refractivity contribution >= 4 is 0 Å². The molecule has 0 unspecified atom stereocenters. The molecule has 0 fully saturated rings. The van der Waals surface area contributed by atoms with Gasteiger partial charge in [0.15, 0.2) is 0 Å². The lowest BCUT2D eigenvalue weighted by atomic mass is 10.1. The van der Waals surface area contributed by atoms with E-state index in [-0.39, 0.29) is 0 Å². The van der Waals surface area contributed by atoms with Crippen LogP contribution in [0.2, 0.25) is 0 Å². The average molecular weight is 207 g/mol. The highest BCUT2D eigenvalue weighted by atomic mass is 16.5. The number of ether oxygens (including phenoxy) is 1. The van der Waals surface area contributed by atoms with Gasteiger partial charge in [0.25, 0.3) is 0 Å². The first-order valence-electron chi connectivity index (χ1n) is 5.73. The zero-order valence-corrected chi connectivity index (χ0v) is 9.75. The molecule has 0 aliphatic carbocycles. The van der Waals surface area contributed by atoms with Gasteiger partial charge in [-0.25, -0.2) is 0 Å². The third kappa shape index (κ3) is 4.84. The van der Waals surface area contributed by atoms with Gasteiger partial charge in [0.1, 0.15) is 5.75 Å². The molecular weight excluding hydrogens is 186 g/mol. The van der Waals surface area contributed by atoms with Crippen LogP contribution in [-0.4, -0.2) is 20.2 Å². The lowest BCUT2D eigenvalue weighted by Crippen LogP contribution is -2.11. The van der Waals surface area contributed by atoms with Crippen LogP contribution < -0.4 is 10.1 Å². The fraction of sp³-hybridized carbons (Fsp3) is 0.538. The van der Waals surface area contributed by atoms with Crippen LogP contribution in [0, 0.1) is 0 Å². The number of hydrogen-bond acceptors (Lipinski definition) is 2. The molecule has 0 saturated heterocycles. The van der Waals surface area contributed by atoms with Gasteiger partial charge in [0.05, 0.1) is 6.61 Å². The van der Waals surface area contributed by atoms with Crippen molar-refractivity contribution in [3.05, 3.63) is 29.8 Å². The zero-order valence-electron chi connectivity index (χ0n) is 9.75. The summed E-state index contributed by atoms with van der Waals surface area (Å²) in [5, 5.41) is 3.10. The van der Waals surface area contributed by atoms with Crippen LogP contribution in [0.5, 0.6) is 5.75 Å². The Hall–Kier alpha value is -1.02. The smallest absolute Gasteiger partial charge is 0.119 e. The molecule has 1 aromatic carbocycles. The van der Waals surface area contributed by atoms with Crippen LogP contribution in [0.1, 0.15) is 25.3 Å². The van der Waals surface area contributed by atoms with Crippen molar-refractivity contribution < 1.29 is 4.74 Å². The molecule has 0 aliphatic rings. The van der Waals surface area contributed by atoms with Gasteiger partial charge < -0.3 is 10.1 Å². The van der Waals surface area contributed by atoms with Gasteiger partial charge in [0, 0.05) is 0 Å². The molecule has 0 aliphatic heterocycles. The summed E-state index contributed by atoms with van der Waals surface area (Å²) in [5.74, 6) is 0.978. The Morgan fingerprint density at radius 1 is 1.20 bits per heavy atom. The molecule has 0 saturated carbocycles. The van der Waals surface area contributed by atoms with Gasteiger partial charge in [-0.2, -0.15) is 0 Å². The molecule has 1 N–H and O–H groups in total. The molecule has 84 valence electrons. The third-order valence-corrected chi connectivity index (χ3v) is 2.30. The van der Waals surface area contributed by atoms with Crippen molar-refractivity contribution in [1.82, 2.24) is 5.32 Å². The van der Waals surface area contributed by atoms with E-state index in [9.17, 15) is 0 Å². The van der Waals surface area contributed by atoms with Crippen LogP contribution in [0.4, 0.5) is 0 Å². The lowest BCUT2D eigenvalue weighted by Gasteiger charge is -2.06. The summed E-state index contributed by atoms with van der Waals surface area (Å²) in [5.41, 5.74) is 1.39. The highest BCUT2D eigenvalue weighted by molar-refractivity contribution is 5.27. The average Bonchev–Trinajstić information content (AvgIpc) is 2.27. The molecular formula is C13H21NO. The van der Waals surface area contributed by atoms with Gasteiger partial charge in [-0.15, -0.1) is 0 Å². The highest BCUT2D eigenvalue weighted by Crippen LogP contribution is 2.13. The maximum atomic E-state index is 5.60. The van der Waals surface area contributed by atoms with Gasteiger partial charge in [-0.3, -0.25) is 0 Å². The first-order valence-corrected chi connectivity index (χ1v) is 5.73. The Kier molecular flexibility index (Phi) is 5.86. The fourth-order valence-electron chi connectivity index (χ4n) is 1.48. The summed E-state index contributed by atoms with van der Waals surface area (Å²) in [7, 11) is 1.96. The number of rotatable bonds is 7. The summed E-state index contributed by atoms with van der Waals surface area (Å²) in [6.07, 6.45) is 3.40. The van der Waals surface area contributed by atoms with Gasteiger partial charge >= 0.3 is 0 Å². The minimum absolute atomic E-state index is 0.786. The topological polar surface area (TPSA) is 21.3 Å². The van der Waals surface area contributed by atoms with E-state index < -0.39 is 0 Å². The molecule has 0 amide bonds. The van der Waals surface area contributed by atoms with Crippen molar-refractivity contribution in [2.45, 2.75) is 26.2 Å². The van der Waals surface area contributed by atoms with Crippen LogP contribution in [-0.2, 0) is 6.42 Å². The molecule has 0 atom stereocenters. The SMILES string of the molecule is CCCc1ccc(OCCCNC)cc1. The Morgan fingerprint density at radius 2 is 1.93 bits per heavy atom. The van der Waals surface area contributed by atoms with E-state index in [0.717, 1.165) is 31.7 Å². The number of hydrogen-bond donors (Lipinski definition) is 1. The van der Waals surface area contributed by atoms with Crippen LogP contribution in [0.15, 0.2) is 24.3 Å². The van der Waals surface area contributed by atoms with E-state index in [1.807, 2.05) is 7.05 Å². The summed E-state index contributed by atoms with van der Waals surface area (Å²) in [6, 6.07) is 8.42. The Labute approximate surface area is 92.6 Å². The normalized spacial score (nSPS) is 10.3. The molecule has 0 aromatic heterocycles. The van der Waals surface area contributed by atoms with Crippen molar-refractivity contribution in [1.29, 1.82) is 0 Å². The predicted octanol–water partition coefficient (Wildman–Crippen LogP) is 2.63. The third-order valence-electron chi connectivity index (χ3n) is 2.30. The molecule has 0 spiro atoms. The lowest BCUT2D eigenvalue weighted by molar-refractivity contribution is 0.310. The predicted molar refractivity (Wildman–Crippen MR) is 64.5 cm³/mol. The van der Waals surface area contributed by atoms with Gasteiger partial charge in [-0.1, -0.05) is 25.5 Å². The monoisotopic (exact) mass is 207 g/mol. The summed E-state index contributed by atoms with van der Waals surface area (Å²) in [6.45, 7) is 3.99. The van der Waals surface area contributed by atoms with Crippen molar-refractivity contribution in [2.24, 2.45) is 0 Å². The van der Waals surface area contributed by atoms with Crippen LogP contribution in [0.3, 0.4) is 0 Å². The maximum absolute atomic E-state index is 5.60. The van der Waals surface area contributed by atoms with Crippen molar-refractivity contribution in [3.63, 3.8) is 0 Å². The Bertz CT molecular complexity index is 256. The highest BCUT2D eigenvalue weighted by Gasteiger charge is 1.94. The largest absolute Gasteiger partial charge is 0.494 e. The molecule has 1 rings (SSSR count). The van der Waals surface area contributed by atoms with Crippen molar-refractivity contribution in [2.75, 3.05) is 20.2 Å². The standard InChI is InChI=1S/C13H21NO/c1-3-5-12-6-8-13(9-7-12)15-11-4-10-14-2/h6-9,14H,3-5,10-11H2,1-2H3. The summed E-state index contributed by atoms with van der Waals surface area (Å²) < 4.78 is 5.60. The number of aryl methyl sites for hydroxylation is 1. The van der Waals surface area contributed by atoms with Gasteiger partial charge in [-0.05, 0) is 44.1 Å². The van der Waals surface area contributed by atoms with Gasteiger partial charge in [0.2, 0.25) is 0 Å². The molecule has 2 nitrogen and oxygen atoms in total. The summed E-state index contributed by atoms with van der Waals surface area (Å²) >= 11 is 0. The van der Waals surface area contributed by atoms with E-state index in [2.05, 4.69) is 36.5 Å². The van der Waals surface area contributed by atoms with E-state index in [1.54, 1.807) is 0 Å². The molecule has 0 bridgehead atoms. The Balaban J connectivity index is 2.29. The maximum Gasteiger partial charge on any atom is 0.119 e. The van der Waals surface area contributed by atoms with Crippen LogP contribution >= 0.6 is 0 Å². The first-order chi connectivity index (χ1) is 7.36. The second-order valence-electron chi connectivity index (χ2n) is 3.70. The van der Waals surface area contributed by atoms with E-state index in [1.165, 1.54) is 12.0 Å². The number of benzene rings is 1. The quantitative estimate of drug-likeness (QED) is 0.694. The Morgan fingerprint density at radius 3 is 2.53 bits per heavy atom. The second-order valence-corrected chi connectivity index (χ2v) is 3.70. The number of nitrogens with one attached hydrogen (secondary N) is 1. The minimum atomic E-state index is 0.786. The van der Waals surface area contributed by atoms with E-state index in [0.29, 0.717) is 0 Å². The van der Waals surface area contributed by atoms with E-state index >= 15 is 0 Å². The molecule has 2 heteroatoms. The molecule has 15 heavy (non-hydrogen) atoms. The van der Waals surface area contributed by atoms with E-state index in [4.69, 9.17) is 4.74 Å². The van der Waals surface area contributed by atoms with Crippen LogP contribution in [0.25, 0.3) is 0 Å². The van der Waals surface area contributed by atoms with Crippen molar-refractivity contribution in [3.8, 4) is 5.75 Å². The molecule has 0 heterocycles. The first kappa shape index (κ1) is 12.1. The molecule has 0 radical (unpaired) electrons. The zero-order chi connectivity index (χ0) is 10.9. The minimum Gasteiger partial charge on any atom is -0.494 e. The molecule has 1 aromatic rings. The fourth-order valence-corrected chi connectivity index (χ4v) is 1.48. The second kappa shape index (κ2) is 7.30.